The van der Waals surface area contributed by atoms with Crippen molar-refractivity contribution in [3.8, 4) is 0 Å². The van der Waals surface area contributed by atoms with Gasteiger partial charge >= 0.3 is 0 Å². The average Bonchev–Trinajstić information content (AvgIpc) is 2.96. The summed E-state index contributed by atoms with van der Waals surface area (Å²) in [5.41, 5.74) is 11.2. The van der Waals surface area contributed by atoms with E-state index in [0.717, 1.165) is 30.4 Å². The van der Waals surface area contributed by atoms with Crippen molar-refractivity contribution in [3.63, 3.8) is 0 Å². The van der Waals surface area contributed by atoms with Gasteiger partial charge in [-0.15, -0.1) is 0 Å². The smallest absolute Gasteiger partial charge is 0.0948 e. The molecule has 2 aromatic rings. The lowest BCUT2D eigenvalue weighted by atomic mass is 9.99. The Hall–Kier alpha value is -2.37. The van der Waals surface area contributed by atoms with Gasteiger partial charge in [-0.2, -0.15) is 0 Å². The second-order valence-corrected chi connectivity index (χ2v) is 10.2. The molecule has 2 rings (SSSR count). The summed E-state index contributed by atoms with van der Waals surface area (Å²) in [6.45, 7) is 2.80. The van der Waals surface area contributed by atoms with E-state index in [1.165, 1.54) is 64.2 Å². The maximum Gasteiger partial charge on any atom is 0.0948 e. The van der Waals surface area contributed by atoms with E-state index >= 15 is 0 Å². The van der Waals surface area contributed by atoms with Gasteiger partial charge in [-0.3, -0.25) is 0 Å². The van der Waals surface area contributed by atoms with Crippen LogP contribution in [-0.4, -0.2) is 30.0 Å². The molecular weight excluding hydrogens is 474 g/mol. The number of hydrogen-bond donors (Lipinski definition) is 1. The third kappa shape index (κ3) is 14.0. The van der Waals surface area contributed by atoms with Gasteiger partial charge in [0.2, 0.25) is 0 Å². The first-order valence-electron chi connectivity index (χ1n) is 14.7. The molecule has 38 heavy (non-hydrogen) atoms. The van der Waals surface area contributed by atoms with Crippen molar-refractivity contribution in [1.29, 1.82) is 0 Å². The fourth-order valence-electron chi connectivity index (χ4n) is 4.81. The molecular formula is C32H49N3O3. The summed E-state index contributed by atoms with van der Waals surface area (Å²) in [6.07, 6.45) is 15.5. The summed E-state index contributed by atoms with van der Waals surface area (Å²) < 4.78 is 12.7. The van der Waals surface area contributed by atoms with Gasteiger partial charge in [-0.05, 0) is 23.1 Å². The SMILES string of the molecule is CCCCCCCCCCCCCC[C@@H](OCc1ccccc1)[C@H](OCc1ccccc1)[C@H](CO)N=[N+]=[N-]. The first kappa shape index (κ1) is 31.8. The maximum atomic E-state index is 10.0. The lowest BCUT2D eigenvalue weighted by Gasteiger charge is -2.31. The molecule has 6 nitrogen and oxygen atoms in total. The Kier molecular flexibility index (Phi) is 18.1. The molecule has 0 saturated heterocycles. The molecule has 1 N–H and O–H groups in total. The van der Waals surface area contributed by atoms with Crippen LogP contribution >= 0.6 is 0 Å². The minimum absolute atomic E-state index is 0.285. The van der Waals surface area contributed by atoms with E-state index in [4.69, 9.17) is 15.0 Å². The molecule has 2 aromatic carbocycles. The van der Waals surface area contributed by atoms with Crippen LogP contribution in [0.2, 0.25) is 0 Å². The molecule has 210 valence electrons. The fourth-order valence-corrected chi connectivity index (χ4v) is 4.81. The Balaban J connectivity index is 1.89. The highest BCUT2D eigenvalue weighted by Crippen LogP contribution is 2.22. The first-order valence-corrected chi connectivity index (χ1v) is 14.7. The van der Waals surface area contributed by atoms with Crippen molar-refractivity contribution in [3.05, 3.63) is 82.2 Å². The topological polar surface area (TPSA) is 87.5 Å². The van der Waals surface area contributed by atoms with Crippen molar-refractivity contribution in [1.82, 2.24) is 0 Å². The largest absolute Gasteiger partial charge is 0.396 e. The lowest BCUT2D eigenvalue weighted by Crippen LogP contribution is -2.42. The number of rotatable bonds is 23. The summed E-state index contributed by atoms with van der Waals surface area (Å²) in [5, 5.41) is 13.9. The zero-order chi connectivity index (χ0) is 27.1. The maximum absolute atomic E-state index is 10.0. The highest BCUT2D eigenvalue weighted by Gasteiger charge is 2.30. The first-order chi connectivity index (χ1) is 18.8. The highest BCUT2D eigenvalue weighted by atomic mass is 16.5. The van der Waals surface area contributed by atoms with Crippen LogP contribution in [0.1, 0.15) is 102 Å². The van der Waals surface area contributed by atoms with Crippen molar-refractivity contribution < 1.29 is 14.6 Å². The van der Waals surface area contributed by atoms with E-state index in [1.54, 1.807) is 0 Å². The van der Waals surface area contributed by atoms with E-state index in [-0.39, 0.29) is 12.7 Å². The van der Waals surface area contributed by atoms with Gasteiger partial charge in [0.25, 0.3) is 0 Å². The molecule has 0 aromatic heterocycles. The van der Waals surface area contributed by atoms with Crippen LogP contribution in [0.5, 0.6) is 0 Å². The highest BCUT2D eigenvalue weighted by molar-refractivity contribution is 5.14. The van der Waals surface area contributed by atoms with E-state index in [0.29, 0.717) is 13.2 Å². The zero-order valence-electron chi connectivity index (χ0n) is 23.4. The molecule has 6 heteroatoms. The van der Waals surface area contributed by atoms with Gasteiger partial charge in [0.15, 0.2) is 0 Å². The molecule has 0 unspecified atom stereocenters. The molecule has 3 atom stereocenters. The monoisotopic (exact) mass is 523 g/mol. The lowest BCUT2D eigenvalue weighted by molar-refractivity contribution is -0.104. The van der Waals surface area contributed by atoms with Crippen LogP contribution in [-0.2, 0) is 22.7 Å². The number of azide groups is 1. The number of benzene rings is 2. The molecule has 0 spiro atoms. The Labute approximate surface area is 230 Å². The quantitative estimate of drug-likeness (QED) is 0.0682. The number of aliphatic hydroxyl groups is 1. The van der Waals surface area contributed by atoms with Gasteiger partial charge in [0.1, 0.15) is 0 Å². The van der Waals surface area contributed by atoms with Crippen molar-refractivity contribution in [2.24, 2.45) is 5.11 Å². The van der Waals surface area contributed by atoms with Crippen molar-refractivity contribution in [2.45, 2.75) is 122 Å². The Morgan fingerprint density at radius 1 is 0.711 bits per heavy atom. The number of unbranched alkanes of at least 4 members (excludes halogenated alkanes) is 11. The minimum Gasteiger partial charge on any atom is -0.396 e. The van der Waals surface area contributed by atoms with Gasteiger partial charge in [0, 0.05) is 4.91 Å². The fraction of sp³-hybridized carbons (Fsp3) is 0.625. The molecule has 0 aliphatic rings. The number of nitrogens with zero attached hydrogens (tertiary/aromatic N) is 3. The van der Waals surface area contributed by atoms with Gasteiger partial charge in [-0.25, -0.2) is 0 Å². The number of hydrogen-bond acceptors (Lipinski definition) is 4. The van der Waals surface area contributed by atoms with Crippen LogP contribution < -0.4 is 0 Å². The average molecular weight is 524 g/mol. The van der Waals surface area contributed by atoms with E-state index in [9.17, 15) is 5.11 Å². The van der Waals surface area contributed by atoms with Crippen LogP contribution in [0.25, 0.3) is 10.4 Å². The van der Waals surface area contributed by atoms with Gasteiger partial charge < -0.3 is 14.6 Å². The van der Waals surface area contributed by atoms with Crippen LogP contribution in [0, 0.1) is 0 Å². The van der Waals surface area contributed by atoms with E-state index in [2.05, 4.69) is 16.9 Å². The molecule has 0 saturated carbocycles. The molecule has 0 radical (unpaired) electrons. The summed E-state index contributed by atoms with van der Waals surface area (Å²) in [4.78, 5) is 2.98. The minimum atomic E-state index is -0.707. The second-order valence-electron chi connectivity index (χ2n) is 10.2. The molecule has 0 fully saturated rings. The summed E-state index contributed by atoms with van der Waals surface area (Å²) in [5.74, 6) is 0. The normalized spacial score (nSPS) is 13.5. The Morgan fingerprint density at radius 3 is 1.66 bits per heavy atom. The number of aliphatic hydroxyl groups excluding tert-OH is 1. The molecule has 0 aliphatic carbocycles. The van der Waals surface area contributed by atoms with Crippen LogP contribution in [0.15, 0.2) is 65.8 Å². The van der Waals surface area contributed by atoms with Gasteiger partial charge in [0.05, 0.1) is 38.1 Å². The zero-order valence-corrected chi connectivity index (χ0v) is 23.4. The number of ether oxygens (including phenoxy) is 2. The Morgan fingerprint density at radius 2 is 1.18 bits per heavy atom. The molecule has 0 bridgehead atoms. The van der Waals surface area contributed by atoms with E-state index in [1.807, 2.05) is 60.7 Å². The van der Waals surface area contributed by atoms with Crippen molar-refractivity contribution >= 4 is 0 Å². The summed E-state index contributed by atoms with van der Waals surface area (Å²) >= 11 is 0. The second kappa shape index (κ2) is 21.6. The van der Waals surface area contributed by atoms with Gasteiger partial charge in [-0.1, -0.05) is 150 Å². The van der Waals surface area contributed by atoms with Crippen LogP contribution in [0.3, 0.4) is 0 Å². The standard InChI is InChI=1S/C32H49N3O3/c1-2-3-4-5-6-7-8-9-10-11-12-19-24-31(37-26-28-20-15-13-16-21-28)32(30(25-36)34-35-33)38-27-29-22-17-14-18-23-29/h13-18,20-23,30-32,36H,2-12,19,24-27H2,1H3/t30-,31+,32+/m0/s1. The predicted octanol–water partition coefficient (Wildman–Crippen LogP) is 8.92. The summed E-state index contributed by atoms with van der Waals surface area (Å²) in [6, 6.07) is 19.3. The van der Waals surface area contributed by atoms with Crippen LogP contribution in [0.4, 0.5) is 0 Å². The Bertz CT molecular complexity index is 859. The molecule has 0 aliphatic heterocycles. The third-order valence-corrected chi connectivity index (χ3v) is 7.07. The summed E-state index contributed by atoms with van der Waals surface area (Å²) in [7, 11) is 0. The van der Waals surface area contributed by atoms with E-state index < -0.39 is 12.1 Å². The van der Waals surface area contributed by atoms with Crippen molar-refractivity contribution in [2.75, 3.05) is 6.61 Å². The molecule has 0 heterocycles. The molecule has 0 amide bonds. The third-order valence-electron chi connectivity index (χ3n) is 7.07. The predicted molar refractivity (Wildman–Crippen MR) is 156 cm³/mol.